The van der Waals surface area contributed by atoms with Gasteiger partial charge in [-0.2, -0.15) is 0 Å². The van der Waals surface area contributed by atoms with Crippen LogP contribution in [0.5, 0.6) is 0 Å². The quantitative estimate of drug-likeness (QED) is 0.603. The summed E-state index contributed by atoms with van der Waals surface area (Å²) >= 11 is 12.2. The summed E-state index contributed by atoms with van der Waals surface area (Å²) in [5.41, 5.74) is 1.55. The molecule has 5 nitrogen and oxygen atoms in total. The summed E-state index contributed by atoms with van der Waals surface area (Å²) < 4.78 is 14.7. The smallest absolute Gasteiger partial charge is 0.268 e. The number of hydrogen-bond acceptors (Lipinski definition) is 3. The number of hydrogen-bond donors (Lipinski definition) is 1. The highest BCUT2D eigenvalue weighted by Gasteiger charge is 2.24. The predicted molar refractivity (Wildman–Crippen MR) is 116 cm³/mol. The zero-order chi connectivity index (χ0) is 21.1. The van der Waals surface area contributed by atoms with Crippen LogP contribution in [0.2, 0.25) is 10.0 Å². The van der Waals surface area contributed by atoms with Crippen LogP contribution in [-0.4, -0.2) is 40.0 Å². The minimum absolute atomic E-state index is 0.176. The molecular formula is C22H21Cl2FN4O. The van der Waals surface area contributed by atoms with Crippen LogP contribution >= 0.6 is 23.2 Å². The van der Waals surface area contributed by atoms with Gasteiger partial charge in [0.05, 0.1) is 10.0 Å². The highest BCUT2D eigenvalue weighted by Crippen LogP contribution is 2.23. The maximum Gasteiger partial charge on any atom is 0.268 e. The molecule has 1 amide bonds. The highest BCUT2D eigenvalue weighted by atomic mass is 35.5. The summed E-state index contributed by atoms with van der Waals surface area (Å²) in [5, 5.41) is 3.84. The number of carbonyl (C=O) groups is 1. The van der Waals surface area contributed by atoms with Gasteiger partial charge in [0.2, 0.25) is 0 Å². The molecule has 0 aliphatic carbocycles. The van der Waals surface area contributed by atoms with Crippen LogP contribution in [0.1, 0.15) is 22.5 Å². The van der Waals surface area contributed by atoms with Crippen LogP contribution in [0.25, 0.3) is 5.82 Å². The van der Waals surface area contributed by atoms with E-state index in [4.69, 9.17) is 23.2 Å². The molecule has 1 aromatic carbocycles. The van der Waals surface area contributed by atoms with Crippen LogP contribution in [0.15, 0.2) is 54.9 Å². The summed E-state index contributed by atoms with van der Waals surface area (Å²) in [6, 6.07) is 11.7. The molecule has 0 saturated carbocycles. The number of pyridine rings is 1. The fraction of sp³-hybridized carbons (Fsp3) is 0.273. The molecule has 1 unspecified atom stereocenters. The summed E-state index contributed by atoms with van der Waals surface area (Å²) in [4.78, 5) is 19.3. The number of carbonyl (C=O) groups excluding carboxylic acids is 1. The molecule has 0 bridgehead atoms. The van der Waals surface area contributed by atoms with Crippen molar-refractivity contribution in [2.75, 3.05) is 19.6 Å². The predicted octanol–water partition coefficient (Wildman–Crippen LogP) is 4.57. The molecule has 1 atom stereocenters. The largest absolute Gasteiger partial charge is 0.350 e. The van der Waals surface area contributed by atoms with Gasteiger partial charge in [-0.15, -0.1) is 0 Å². The molecule has 1 aliphatic heterocycles. The Morgan fingerprint density at radius 3 is 2.80 bits per heavy atom. The lowest BCUT2D eigenvalue weighted by molar-refractivity contribution is 0.0940. The summed E-state index contributed by atoms with van der Waals surface area (Å²) in [7, 11) is 0. The van der Waals surface area contributed by atoms with E-state index in [9.17, 15) is 9.18 Å². The molecule has 1 N–H and O–H groups in total. The number of nitrogens with zero attached hydrogens (tertiary/aromatic N) is 3. The van der Waals surface area contributed by atoms with Crippen molar-refractivity contribution < 1.29 is 9.18 Å². The molecule has 4 rings (SSSR count). The third kappa shape index (κ3) is 4.83. The van der Waals surface area contributed by atoms with Gasteiger partial charge in [-0.3, -0.25) is 14.3 Å². The Labute approximate surface area is 184 Å². The van der Waals surface area contributed by atoms with E-state index >= 15 is 0 Å². The molecule has 8 heteroatoms. The van der Waals surface area contributed by atoms with Gasteiger partial charge >= 0.3 is 0 Å². The molecule has 0 spiro atoms. The van der Waals surface area contributed by atoms with Crippen molar-refractivity contribution in [3.8, 4) is 5.82 Å². The number of likely N-dealkylation sites (tertiary alicyclic amines) is 1. The highest BCUT2D eigenvalue weighted by molar-refractivity contribution is 6.35. The first-order valence-electron chi connectivity index (χ1n) is 9.73. The zero-order valence-electron chi connectivity index (χ0n) is 16.2. The molecule has 3 aromatic rings. The average molecular weight is 447 g/mol. The van der Waals surface area contributed by atoms with Crippen molar-refractivity contribution in [2.45, 2.75) is 13.0 Å². The normalized spacial score (nSPS) is 16.7. The Morgan fingerprint density at radius 1 is 1.23 bits per heavy atom. The summed E-state index contributed by atoms with van der Waals surface area (Å²) in [5.74, 6) is 0.433. The van der Waals surface area contributed by atoms with Crippen LogP contribution in [0.4, 0.5) is 4.39 Å². The molecular weight excluding hydrogens is 426 g/mol. The van der Waals surface area contributed by atoms with Crippen LogP contribution in [-0.2, 0) is 6.54 Å². The first-order chi connectivity index (χ1) is 14.5. The lowest BCUT2D eigenvalue weighted by Crippen LogP contribution is -2.32. The summed E-state index contributed by atoms with van der Waals surface area (Å²) in [6.45, 7) is 3.22. The second kappa shape index (κ2) is 9.16. The van der Waals surface area contributed by atoms with E-state index in [1.165, 1.54) is 18.3 Å². The molecule has 3 heterocycles. The van der Waals surface area contributed by atoms with Gasteiger partial charge in [0.25, 0.3) is 5.91 Å². The molecule has 0 radical (unpaired) electrons. The van der Waals surface area contributed by atoms with Gasteiger partial charge in [-0.05, 0) is 54.8 Å². The number of nitrogens with one attached hydrogen (secondary N) is 1. The van der Waals surface area contributed by atoms with E-state index in [2.05, 4.69) is 15.2 Å². The fourth-order valence-corrected chi connectivity index (χ4v) is 4.21. The van der Waals surface area contributed by atoms with Crippen molar-refractivity contribution in [1.29, 1.82) is 0 Å². The van der Waals surface area contributed by atoms with Crippen molar-refractivity contribution in [3.63, 3.8) is 0 Å². The van der Waals surface area contributed by atoms with E-state index in [1.54, 1.807) is 29.0 Å². The van der Waals surface area contributed by atoms with E-state index < -0.39 is 0 Å². The Hall–Kier alpha value is -2.41. The zero-order valence-corrected chi connectivity index (χ0v) is 17.7. The lowest BCUT2D eigenvalue weighted by atomic mass is 10.1. The van der Waals surface area contributed by atoms with E-state index in [0.717, 1.165) is 31.6 Å². The topological polar surface area (TPSA) is 50.2 Å². The van der Waals surface area contributed by atoms with E-state index in [1.807, 2.05) is 12.1 Å². The molecule has 1 aliphatic rings. The molecule has 1 saturated heterocycles. The maximum atomic E-state index is 13.1. The third-order valence-corrected chi connectivity index (χ3v) is 5.72. The van der Waals surface area contributed by atoms with Crippen LogP contribution in [0, 0.1) is 11.7 Å². The molecule has 30 heavy (non-hydrogen) atoms. The minimum atomic E-state index is -0.222. The maximum absolute atomic E-state index is 13.1. The van der Waals surface area contributed by atoms with Crippen molar-refractivity contribution >= 4 is 29.1 Å². The van der Waals surface area contributed by atoms with Crippen LogP contribution in [0.3, 0.4) is 0 Å². The average Bonchev–Trinajstić information content (AvgIpc) is 3.38. The third-order valence-electron chi connectivity index (χ3n) is 5.24. The first-order valence-corrected chi connectivity index (χ1v) is 10.5. The van der Waals surface area contributed by atoms with E-state index in [0.29, 0.717) is 34.0 Å². The van der Waals surface area contributed by atoms with Gasteiger partial charge in [-0.25, -0.2) is 9.37 Å². The minimum Gasteiger partial charge on any atom is -0.350 e. The number of halogens is 3. The van der Waals surface area contributed by atoms with Gasteiger partial charge in [-0.1, -0.05) is 35.3 Å². The second-order valence-corrected chi connectivity index (χ2v) is 8.29. The first kappa shape index (κ1) is 20.8. The number of aromatic nitrogens is 2. The molecule has 2 aromatic heterocycles. The SMILES string of the molecule is O=C(NCC1CCN(Cc2ccc(F)cc2)C1)c1cccn1-c1ncc(Cl)cc1Cl. The van der Waals surface area contributed by atoms with Gasteiger partial charge in [0.1, 0.15) is 11.5 Å². The van der Waals surface area contributed by atoms with Crippen molar-refractivity contribution in [1.82, 2.24) is 19.8 Å². The fourth-order valence-electron chi connectivity index (χ4n) is 3.73. The molecule has 156 valence electrons. The van der Waals surface area contributed by atoms with Crippen molar-refractivity contribution in [3.05, 3.63) is 82.0 Å². The van der Waals surface area contributed by atoms with Crippen LogP contribution < -0.4 is 5.32 Å². The number of amides is 1. The van der Waals surface area contributed by atoms with Gasteiger partial charge in [0.15, 0.2) is 5.82 Å². The van der Waals surface area contributed by atoms with Gasteiger partial charge < -0.3 is 5.32 Å². The lowest BCUT2D eigenvalue weighted by Gasteiger charge is -2.17. The Kier molecular flexibility index (Phi) is 6.37. The second-order valence-electron chi connectivity index (χ2n) is 7.45. The Bertz CT molecular complexity index is 1040. The van der Waals surface area contributed by atoms with Gasteiger partial charge in [0, 0.05) is 32.0 Å². The Morgan fingerprint density at radius 2 is 2.03 bits per heavy atom. The standard InChI is InChI=1S/C22H21Cl2FN4O/c23-17-10-19(24)21(26-12-17)29-8-1-2-20(29)22(30)27-11-16-7-9-28(14-16)13-15-3-5-18(25)6-4-15/h1-6,8,10,12,16H,7,9,11,13-14H2,(H,27,30). The Balaban J connectivity index is 1.34. The monoisotopic (exact) mass is 446 g/mol. The number of rotatable bonds is 6. The van der Waals surface area contributed by atoms with E-state index in [-0.39, 0.29) is 11.7 Å². The molecule has 1 fully saturated rings. The summed E-state index contributed by atoms with van der Waals surface area (Å²) in [6.07, 6.45) is 4.25. The number of benzene rings is 1. The van der Waals surface area contributed by atoms with Crippen molar-refractivity contribution in [2.24, 2.45) is 5.92 Å².